The van der Waals surface area contributed by atoms with Crippen molar-refractivity contribution in [1.82, 2.24) is 5.32 Å². The Morgan fingerprint density at radius 2 is 1.68 bits per heavy atom. The molecule has 110 valence electrons. The van der Waals surface area contributed by atoms with E-state index >= 15 is 0 Å². The first-order chi connectivity index (χ1) is 9.33. The Morgan fingerprint density at radius 1 is 0.947 bits per heavy atom. The lowest BCUT2D eigenvalue weighted by atomic mass is 9.68. The van der Waals surface area contributed by atoms with Crippen LogP contribution >= 0.6 is 0 Å². The Morgan fingerprint density at radius 3 is 2.26 bits per heavy atom. The van der Waals surface area contributed by atoms with Crippen LogP contribution in [-0.4, -0.2) is 25.3 Å². The lowest BCUT2D eigenvalue weighted by molar-refractivity contribution is -0.149. The molecule has 2 nitrogen and oxygen atoms in total. The van der Waals surface area contributed by atoms with Crippen LogP contribution in [-0.2, 0) is 4.74 Å². The SMILES string of the molecule is CNC(C1CCCCCC1)C1CCOC2(CCC2)C1. The molecule has 1 N–H and O–H groups in total. The fraction of sp³-hybridized carbons (Fsp3) is 1.00. The van der Waals surface area contributed by atoms with Gasteiger partial charge in [-0.25, -0.2) is 0 Å². The van der Waals surface area contributed by atoms with Crippen LogP contribution in [0.5, 0.6) is 0 Å². The molecule has 0 amide bonds. The van der Waals surface area contributed by atoms with Crippen molar-refractivity contribution in [3.8, 4) is 0 Å². The summed E-state index contributed by atoms with van der Waals surface area (Å²) in [6, 6.07) is 0.750. The summed E-state index contributed by atoms with van der Waals surface area (Å²) < 4.78 is 6.11. The second-order valence-electron chi connectivity index (χ2n) is 7.20. The van der Waals surface area contributed by atoms with Crippen molar-refractivity contribution in [2.75, 3.05) is 13.7 Å². The minimum atomic E-state index is 0.308. The highest BCUT2D eigenvalue weighted by molar-refractivity contribution is 4.97. The van der Waals surface area contributed by atoms with Gasteiger partial charge in [-0.3, -0.25) is 0 Å². The molecule has 2 heteroatoms. The molecule has 1 spiro atoms. The predicted octanol–water partition coefficient (Wildman–Crippen LogP) is 3.89. The summed E-state index contributed by atoms with van der Waals surface area (Å²) in [4.78, 5) is 0. The summed E-state index contributed by atoms with van der Waals surface area (Å²) in [6.45, 7) is 1.01. The molecule has 1 saturated heterocycles. The van der Waals surface area contributed by atoms with Crippen molar-refractivity contribution < 1.29 is 4.74 Å². The molecule has 0 aromatic heterocycles. The van der Waals surface area contributed by atoms with Crippen molar-refractivity contribution in [2.24, 2.45) is 11.8 Å². The number of nitrogens with one attached hydrogen (secondary N) is 1. The highest BCUT2D eigenvalue weighted by Crippen LogP contribution is 2.46. The van der Waals surface area contributed by atoms with Gasteiger partial charge in [-0.1, -0.05) is 25.7 Å². The normalized spacial score (nSPS) is 33.6. The number of rotatable bonds is 3. The lowest BCUT2D eigenvalue weighted by Crippen LogP contribution is -2.51. The molecule has 19 heavy (non-hydrogen) atoms. The molecule has 0 bridgehead atoms. The molecule has 0 aromatic carbocycles. The topological polar surface area (TPSA) is 21.3 Å². The Labute approximate surface area is 118 Å². The van der Waals surface area contributed by atoms with Crippen LogP contribution in [0.1, 0.15) is 70.6 Å². The van der Waals surface area contributed by atoms with Gasteiger partial charge in [0.05, 0.1) is 5.60 Å². The molecule has 2 aliphatic carbocycles. The van der Waals surface area contributed by atoms with Gasteiger partial charge in [-0.15, -0.1) is 0 Å². The van der Waals surface area contributed by atoms with E-state index in [0.29, 0.717) is 5.60 Å². The van der Waals surface area contributed by atoms with Crippen LogP contribution in [0.15, 0.2) is 0 Å². The van der Waals surface area contributed by atoms with Crippen molar-refractivity contribution in [2.45, 2.75) is 82.3 Å². The van der Waals surface area contributed by atoms with Gasteiger partial charge in [0, 0.05) is 12.6 Å². The Kier molecular flexibility index (Phi) is 4.48. The minimum Gasteiger partial charge on any atom is -0.375 e. The number of ether oxygens (including phenoxy) is 1. The Balaban J connectivity index is 1.63. The summed E-state index contributed by atoms with van der Waals surface area (Å²) in [7, 11) is 2.19. The van der Waals surface area contributed by atoms with Crippen molar-refractivity contribution in [3.63, 3.8) is 0 Å². The molecule has 2 atom stereocenters. The Hall–Kier alpha value is -0.0800. The second-order valence-corrected chi connectivity index (χ2v) is 7.20. The summed E-state index contributed by atoms with van der Waals surface area (Å²) in [5.41, 5.74) is 0.308. The van der Waals surface area contributed by atoms with E-state index in [-0.39, 0.29) is 0 Å². The number of hydrogen-bond acceptors (Lipinski definition) is 2. The largest absolute Gasteiger partial charge is 0.375 e. The molecule has 2 saturated carbocycles. The molecular formula is C17H31NO. The summed E-state index contributed by atoms with van der Waals surface area (Å²) >= 11 is 0. The first-order valence-corrected chi connectivity index (χ1v) is 8.64. The van der Waals surface area contributed by atoms with Crippen LogP contribution in [0.4, 0.5) is 0 Å². The lowest BCUT2D eigenvalue weighted by Gasteiger charge is -2.49. The highest BCUT2D eigenvalue weighted by Gasteiger charge is 2.45. The van der Waals surface area contributed by atoms with Crippen LogP contribution in [0.3, 0.4) is 0 Å². The smallest absolute Gasteiger partial charge is 0.0685 e. The molecule has 3 fully saturated rings. The first-order valence-electron chi connectivity index (χ1n) is 8.64. The van der Waals surface area contributed by atoms with Crippen molar-refractivity contribution in [3.05, 3.63) is 0 Å². The van der Waals surface area contributed by atoms with Gasteiger partial charge in [-0.2, -0.15) is 0 Å². The monoisotopic (exact) mass is 265 g/mol. The van der Waals surface area contributed by atoms with Gasteiger partial charge in [-0.05, 0) is 63.8 Å². The van der Waals surface area contributed by atoms with E-state index in [9.17, 15) is 0 Å². The molecule has 0 aromatic rings. The first kappa shape index (κ1) is 13.9. The van der Waals surface area contributed by atoms with E-state index in [0.717, 1.165) is 24.5 Å². The van der Waals surface area contributed by atoms with Crippen molar-refractivity contribution >= 4 is 0 Å². The quantitative estimate of drug-likeness (QED) is 0.782. The fourth-order valence-electron chi connectivity index (χ4n) is 4.82. The van der Waals surface area contributed by atoms with E-state index < -0.39 is 0 Å². The van der Waals surface area contributed by atoms with Crippen LogP contribution < -0.4 is 5.32 Å². The second kappa shape index (κ2) is 6.13. The van der Waals surface area contributed by atoms with Crippen molar-refractivity contribution in [1.29, 1.82) is 0 Å². The van der Waals surface area contributed by atoms with E-state index in [1.807, 2.05) is 0 Å². The third-order valence-corrected chi connectivity index (χ3v) is 6.04. The van der Waals surface area contributed by atoms with Gasteiger partial charge in [0.1, 0.15) is 0 Å². The van der Waals surface area contributed by atoms with Gasteiger partial charge >= 0.3 is 0 Å². The zero-order valence-electron chi connectivity index (χ0n) is 12.6. The average molecular weight is 265 g/mol. The van der Waals surface area contributed by atoms with Gasteiger partial charge in [0.25, 0.3) is 0 Å². The van der Waals surface area contributed by atoms with Gasteiger partial charge in [0.15, 0.2) is 0 Å². The molecule has 1 heterocycles. The maximum Gasteiger partial charge on any atom is 0.0685 e. The molecular weight excluding hydrogens is 234 g/mol. The van der Waals surface area contributed by atoms with Crippen LogP contribution in [0.25, 0.3) is 0 Å². The summed E-state index contributed by atoms with van der Waals surface area (Å²) in [6.07, 6.45) is 15.4. The molecule has 3 rings (SSSR count). The van der Waals surface area contributed by atoms with E-state index in [1.54, 1.807) is 0 Å². The van der Waals surface area contributed by atoms with E-state index in [1.165, 1.54) is 70.6 Å². The van der Waals surface area contributed by atoms with E-state index in [2.05, 4.69) is 12.4 Å². The minimum absolute atomic E-state index is 0.308. The van der Waals surface area contributed by atoms with Crippen LogP contribution in [0.2, 0.25) is 0 Å². The maximum absolute atomic E-state index is 6.11. The average Bonchev–Trinajstić information content (AvgIpc) is 2.67. The van der Waals surface area contributed by atoms with E-state index in [4.69, 9.17) is 4.74 Å². The highest BCUT2D eigenvalue weighted by atomic mass is 16.5. The summed E-state index contributed by atoms with van der Waals surface area (Å²) in [5.74, 6) is 1.79. The molecule has 1 aliphatic heterocycles. The van der Waals surface area contributed by atoms with Gasteiger partial charge < -0.3 is 10.1 Å². The third kappa shape index (κ3) is 3.00. The number of hydrogen-bond donors (Lipinski definition) is 1. The summed E-state index contributed by atoms with van der Waals surface area (Å²) in [5, 5.41) is 3.70. The van der Waals surface area contributed by atoms with Gasteiger partial charge in [0.2, 0.25) is 0 Å². The molecule has 3 aliphatic rings. The standard InChI is InChI=1S/C17H31NO/c1-18-16(14-7-4-2-3-5-8-14)15-9-12-19-17(13-15)10-6-11-17/h14-16,18H,2-13H2,1H3. The predicted molar refractivity (Wildman–Crippen MR) is 79.3 cm³/mol. The Bertz CT molecular complexity index is 279. The zero-order valence-corrected chi connectivity index (χ0v) is 12.6. The maximum atomic E-state index is 6.11. The third-order valence-electron chi connectivity index (χ3n) is 6.04. The molecule has 0 radical (unpaired) electrons. The van der Waals surface area contributed by atoms with Crippen LogP contribution in [0, 0.1) is 11.8 Å². The molecule has 2 unspecified atom stereocenters. The fourth-order valence-corrected chi connectivity index (χ4v) is 4.82. The zero-order chi connectivity index (χ0) is 13.1.